The van der Waals surface area contributed by atoms with E-state index in [1.54, 1.807) is 7.11 Å². The van der Waals surface area contributed by atoms with Crippen LogP contribution in [0.3, 0.4) is 0 Å². The van der Waals surface area contributed by atoms with Gasteiger partial charge in [0.15, 0.2) is 5.11 Å². The van der Waals surface area contributed by atoms with Crippen LogP contribution in [0, 0.1) is 11.8 Å². The summed E-state index contributed by atoms with van der Waals surface area (Å²) in [6, 6.07) is 18.4. The molecule has 0 aliphatic carbocycles. The van der Waals surface area contributed by atoms with E-state index in [0.717, 1.165) is 47.3 Å². The third-order valence-electron chi connectivity index (χ3n) is 8.02. The highest BCUT2D eigenvalue weighted by molar-refractivity contribution is 7.80. The zero-order valence-electron chi connectivity index (χ0n) is 21.3. The fourth-order valence-corrected chi connectivity index (χ4v) is 6.37. The number of piperidine rings is 3. The van der Waals surface area contributed by atoms with Gasteiger partial charge in [0, 0.05) is 24.2 Å². The van der Waals surface area contributed by atoms with Gasteiger partial charge >= 0.3 is 0 Å². The maximum Gasteiger partial charge on any atom is 0.167 e. The lowest BCUT2D eigenvalue weighted by molar-refractivity contribution is 0.00425. The average molecular weight is 517 g/mol. The number of methoxy groups -OCH3 is 1. The van der Waals surface area contributed by atoms with Crippen LogP contribution in [0.5, 0.6) is 5.75 Å². The van der Waals surface area contributed by atoms with Crippen molar-refractivity contribution >= 4 is 28.2 Å². The van der Waals surface area contributed by atoms with Crippen LogP contribution in [0.4, 0.5) is 0 Å². The molecule has 7 heteroatoms. The number of thiocarbonyl (C=S) groups is 1. The molecule has 3 aliphatic heterocycles. The minimum atomic E-state index is -0.175. The molecule has 6 rings (SSSR count). The Labute approximate surface area is 224 Å². The van der Waals surface area contributed by atoms with E-state index in [-0.39, 0.29) is 24.7 Å². The van der Waals surface area contributed by atoms with Crippen LogP contribution in [0.2, 0.25) is 0 Å². The van der Waals surface area contributed by atoms with E-state index in [9.17, 15) is 5.11 Å². The Bertz CT molecular complexity index is 1240. The van der Waals surface area contributed by atoms with Crippen LogP contribution in [0.25, 0.3) is 10.9 Å². The van der Waals surface area contributed by atoms with Gasteiger partial charge in [-0.05, 0) is 85.3 Å². The van der Waals surface area contributed by atoms with E-state index in [1.165, 1.54) is 6.42 Å². The fourth-order valence-electron chi connectivity index (χ4n) is 6.08. The van der Waals surface area contributed by atoms with Crippen molar-refractivity contribution in [1.82, 2.24) is 20.5 Å². The highest BCUT2D eigenvalue weighted by Crippen LogP contribution is 2.42. The molecule has 0 amide bonds. The third-order valence-corrected chi connectivity index (χ3v) is 8.26. The van der Waals surface area contributed by atoms with Crippen LogP contribution in [0.15, 0.2) is 73.4 Å². The summed E-state index contributed by atoms with van der Waals surface area (Å²) in [7, 11) is 1.69. The molecule has 194 valence electrons. The van der Waals surface area contributed by atoms with Crippen molar-refractivity contribution in [2.75, 3.05) is 26.8 Å². The van der Waals surface area contributed by atoms with E-state index in [0.29, 0.717) is 23.4 Å². The van der Waals surface area contributed by atoms with Crippen LogP contribution >= 0.6 is 12.2 Å². The molecule has 0 spiro atoms. The molecule has 2 unspecified atom stereocenters. The van der Waals surface area contributed by atoms with Crippen LogP contribution in [-0.2, 0) is 6.42 Å². The average Bonchev–Trinajstić information content (AvgIpc) is 2.95. The van der Waals surface area contributed by atoms with E-state index < -0.39 is 0 Å². The second-order valence-electron chi connectivity index (χ2n) is 10.2. The molecule has 3 aliphatic rings. The van der Waals surface area contributed by atoms with Gasteiger partial charge in [0.05, 0.1) is 31.3 Å². The zero-order valence-corrected chi connectivity index (χ0v) is 22.2. The number of hydrogen-bond acceptors (Lipinski definition) is 5. The summed E-state index contributed by atoms with van der Waals surface area (Å²) in [5.74, 6) is 1.97. The number of nitrogens with zero attached hydrogens (tertiary/aromatic N) is 2. The molecule has 0 radical (unpaired) electrons. The Hall–Kier alpha value is -3.00. The van der Waals surface area contributed by atoms with Crippen molar-refractivity contribution < 1.29 is 9.84 Å². The van der Waals surface area contributed by atoms with Crippen molar-refractivity contribution in [2.45, 2.75) is 37.4 Å². The summed E-state index contributed by atoms with van der Waals surface area (Å²) in [4.78, 5) is 7.20. The Morgan fingerprint density at radius 2 is 2.08 bits per heavy atom. The first kappa shape index (κ1) is 25.6. The highest BCUT2D eigenvalue weighted by Gasteiger charge is 2.43. The molecule has 3 fully saturated rings. The van der Waals surface area contributed by atoms with E-state index >= 15 is 0 Å². The van der Waals surface area contributed by atoms with Crippen molar-refractivity contribution in [3.63, 3.8) is 0 Å². The molecule has 6 nitrogen and oxygen atoms in total. The standard InChI is InChI=1S/C30H36N4O2S/c1-3-21-18-34-14-12-22(21)16-28(34)29(25-11-13-31-27-10-9-24(36-2)17-26(25)27)33-30(37)32-23(19-35)15-20-7-5-4-6-8-20/h3-11,13,17,21-23,28-29,35H,1,12,14-16,18-19H2,2H3,(H2,32,33,37)/t21-,22?,23-,28+,29-/m0/s1. The van der Waals surface area contributed by atoms with Gasteiger partial charge in [-0.15, -0.1) is 6.58 Å². The van der Waals surface area contributed by atoms with E-state index in [4.69, 9.17) is 17.0 Å². The number of benzene rings is 2. The van der Waals surface area contributed by atoms with Crippen molar-refractivity contribution in [2.24, 2.45) is 11.8 Å². The number of aromatic nitrogens is 1. The number of aliphatic hydroxyl groups is 1. The van der Waals surface area contributed by atoms with Gasteiger partial charge in [0.2, 0.25) is 0 Å². The van der Waals surface area contributed by atoms with Gasteiger partial charge < -0.3 is 20.5 Å². The molecular formula is C30H36N4O2S. The number of nitrogens with one attached hydrogen (secondary N) is 2. The minimum absolute atomic E-state index is 0.00455. The lowest BCUT2D eigenvalue weighted by Gasteiger charge is -2.52. The molecule has 0 saturated carbocycles. The topological polar surface area (TPSA) is 69.7 Å². The smallest absolute Gasteiger partial charge is 0.167 e. The number of pyridine rings is 1. The summed E-state index contributed by atoms with van der Waals surface area (Å²) in [6.45, 7) is 6.20. The summed E-state index contributed by atoms with van der Waals surface area (Å²) in [6.07, 6.45) is 6.99. The maximum atomic E-state index is 10.1. The second kappa shape index (κ2) is 11.6. The Morgan fingerprint density at radius 1 is 1.24 bits per heavy atom. The SMILES string of the molecule is C=C[C@H]1CN2CCC1C[C@@H]2[C@@H](NC(=S)N[C@H](CO)Cc1ccccc1)c1ccnc2ccc(OC)cc12. The van der Waals surface area contributed by atoms with Gasteiger partial charge in [-0.2, -0.15) is 0 Å². The molecular weight excluding hydrogens is 480 g/mol. The zero-order chi connectivity index (χ0) is 25.8. The van der Waals surface area contributed by atoms with E-state index in [2.05, 4.69) is 57.4 Å². The quantitative estimate of drug-likeness (QED) is 0.290. The largest absolute Gasteiger partial charge is 0.497 e. The first-order valence-electron chi connectivity index (χ1n) is 13.1. The Kier molecular flexibility index (Phi) is 8.03. The predicted molar refractivity (Wildman–Crippen MR) is 153 cm³/mol. The highest BCUT2D eigenvalue weighted by atomic mass is 32.1. The van der Waals surface area contributed by atoms with Gasteiger partial charge in [0.1, 0.15) is 5.75 Å². The number of rotatable bonds is 9. The number of aliphatic hydroxyl groups excluding tert-OH is 1. The molecule has 3 aromatic rings. The van der Waals surface area contributed by atoms with Gasteiger partial charge in [-0.25, -0.2) is 0 Å². The Morgan fingerprint density at radius 3 is 2.78 bits per heavy atom. The number of ether oxygens (including phenoxy) is 1. The molecule has 3 saturated heterocycles. The summed E-state index contributed by atoms with van der Waals surface area (Å²) >= 11 is 5.85. The van der Waals surface area contributed by atoms with Crippen molar-refractivity contribution in [1.29, 1.82) is 0 Å². The normalized spacial score (nSPS) is 24.3. The number of hydrogen-bond donors (Lipinski definition) is 3. The molecule has 1 aromatic heterocycles. The van der Waals surface area contributed by atoms with Crippen LogP contribution in [0.1, 0.15) is 30.0 Å². The predicted octanol–water partition coefficient (Wildman–Crippen LogP) is 4.25. The van der Waals surface area contributed by atoms with Gasteiger partial charge in [-0.1, -0.05) is 36.4 Å². The molecule has 2 aromatic carbocycles. The summed E-state index contributed by atoms with van der Waals surface area (Å²) < 4.78 is 5.55. The Balaban J connectivity index is 1.44. The van der Waals surface area contributed by atoms with Gasteiger partial charge in [-0.3, -0.25) is 9.88 Å². The second-order valence-corrected chi connectivity index (χ2v) is 10.6. The fraction of sp³-hybridized carbons (Fsp3) is 0.400. The molecule has 3 N–H and O–H groups in total. The first-order chi connectivity index (χ1) is 18.1. The molecule has 2 bridgehead atoms. The van der Waals surface area contributed by atoms with Crippen molar-refractivity contribution in [3.05, 3.63) is 84.6 Å². The summed E-state index contributed by atoms with van der Waals surface area (Å²) in [5.41, 5.74) is 3.25. The monoisotopic (exact) mass is 516 g/mol. The number of fused-ring (bicyclic) bond motifs is 4. The maximum absolute atomic E-state index is 10.1. The van der Waals surface area contributed by atoms with Crippen LogP contribution in [-0.4, -0.2) is 59.0 Å². The first-order valence-corrected chi connectivity index (χ1v) is 13.5. The van der Waals surface area contributed by atoms with Crippen molar-refractivity contribution in [3.8, 4) is 5.75 Å². The minimum Gasteiger partial charge on any atom is -0.497 e. The summed E-state index contributed by atoms with van der Waals surface area (Å²) in [5, 5.41) is 18.8. The lowest BCUT2D eigenvalue weighted by Crippen LogP contribution is -2.58. The van der Waals surface area contributed by atoms with Gasteiger partial charge in [0.25, 0.3) is 0 Å². The van der Waals surface area contributed by atoms with E-state index in [1.807, 2.05) is 36.5 Å². The molecule has 4 heterocycles. The lowest BCUT2D eigenvalue weighted by atomic mass is 9.73. The molecule has 37 heavy (non-hydrogen) atoms. The molecule has 6 atom stereocenters. The van der Waals surface area contributed by atoms with Crippen LogP contribution < -0.4 is 15.4 Å². The third kappa shape index (κ3) is 5.64.